The largest absolute Gasteiger partial charge is 0.376 e. The molecule has 3 nitrogen and oxygen atoms in total. The Morgan fingerprint density at radius 1 is 1.20 bits per heavy atom. The Morgan fingerprint density at radius 2 is 1.90 bits per heavy atom. The van der Waals surface area contributed by atoms with Crippen molar-refractivity contribution in [2.45, 2.75) is 6.92 Å². The van der Waals surface area contributed by atoms with Crippen molar-refractivity contribution in [1.29, 1.82) is 0 Å². The molecule has 0 heterocycles. The van der Waals surface area contributed by atoms with Gasteiger partial charge in [0.25, 0.3) is 0 Å². The van der Waals surface area contributed by atoms with Crippen molar-refractivity contribution >= 4 is 44.8 Å². The van der Waals surface area contributed by atoms with E-state index in [-0.39, 0.29) is 12.5 Å². The Morgan fingerprint density at radius 3 is 2.60 bits per heavy atom. The van der Waals surface area contributed by atoms with Crippen molar-refractivity contribution < 1.29 is 4.79 Å². The van der Waals surface area contributed by atoms with Crippen LogP contribution in [-0.2, 0) is 4.79 Å². The molecule has 20 heavy (non-hydrogen) atoms. The van der Waals surface area contributed by atoms with Gasteiger partial charge in [-0.15, -0.1) is 0 Å². The second kappa shape index (κ2) is 6.77. The molecule has 104 valence electrons. The summed E-state index contributed by atoms with van der Waals surface area (Å²) in [6, 6.07) is 12.8. The van der Waals surface area contributed by atoms with Crippen LogP contribution in [0.5, 0.6) is 0 Å². The highest BCUT2D eigenvalue weighted by Crippen LogP contribution is 2.23. The molecule has 0 radical (unpaired) electrons. The molecule has 1 amide bonds. The van der Waals surface area contributed by atoms with Gasteiger partial charge in [0.15, 0.2) is 0 Å². The van der Waals surface area contributed by atoms with E-state index in [9.17, 15) is 4.79 Å². The number of carbonyl (C=O) groups is 1. The summed E-state index contributed by atoms with van der Waals surface area (Å²) in [6.07, 6.45) is 0. The van der Waals surface area contributed by atoms with Gasteiger partial charge in [0, 0.05) is 20.9 Å². The first kappa shape index (κ1) is 14.9. The molecule has 2 aromatic rings. The number of halogens is 2. The van der Waals surface area contributed by atoms with Gasteiger partial charge in [0.05, 0.1) is 6.54 Å². The first-order valence-electron chi connectivity index (χ1n) is 6.10. The summed E-state index contributed by atoms with van der Waals surface area (Å²) in [7, 11) is 0. The predicted molar refractivity (Wildman–Crippen MR) is 87.5 cm³/mol. The molecule has 0 unspecified atom stereocenters. The minimum absolute atomic E-state index is 0.105. The van der Waals surface area contributed by atoms with E-state index in [0.29, 0.717) is 5.02 Å². The molecule has 0 bridgehead atoms. The molecule has 0 atom stereocenters. The van der Waals surface area contributed by atoms with E-state index < -0.39 is 0 Å². The number of nitrogens with one attached hydrogen (secondary N) is 2. The molecule has 0 aliphatic carbocycles. The summed E-state index contributed by atoms with van der Waals surface area (Å²) in [5, 5.41) is 6.56. The maximum Gasteiger partial charge on any atom is 0.243 e. The second-order valence-electron chi connectivity index (χ2n) is 4.32. The van der Waals surface area contributed by atoms with Crippen LogP contribution >= 0.6 is 27.5 Å². The fraction of sp³-hybridized carbons (Fsp3) is 0.133. The van der Waals surface area contributed by atoms with Crippen molar-refractivity contribution in [3.8, 4) is 0 Å². The van der Waals surface area contributed by atoms with Crippen molar-refractivity contribution in [2.75, 3.05) is 17.2 Å². The number of rotatable bonds is 4. The maximum absolute atomic E-state index is 11.8. The Labute approximate surface area is 131 Å². The molecule has 0 saturated heterocycles. The van der Waals surface area contributed by atoms with Crippen molar-refractivity contribution in [3.05, 3.63) is 57.5 Å². The lowest BCUT2D eigenvalue weighted by atomic mass is 10.2. The zero-order valence-electron chi connectivity index (χ0n) is 10.9. The van der Waals surface area contributed by atoms with Gasteiger partial charge in [0.1, 0.15) is 0 Å². The van der Waals surface area contributed by atoms with Gasteiger partial charge in [-0.2, -0.15) is 0 Å². The van der Waals surface area contributed by atoms with Crippen LogP contribution in [0.4, 0.5) is 11.4 Å². The maximum atomic E-state index is 11.8. The van der Waals surface area contributed by atoms with E-state index in [1.54, 1.807) is 24.3 Å². The van der Waals surface area contributed by atoms with E-state index in [4.69, 9.17) is 11.6 Å². The fourth-order valence-corrected chi connectivity index (χ4v) is 2.21. The van der Waals surface area contributed by atoms with Gasteiger partial charge in [-0.25, -0.2) is 0 Å². The molecule has 0 spiro atoms. The van der Waals surface area contributed by atoms with Crippen LogP contribution in [0.3, 0.4) is 0 Å². The number of benzene rings is 2. The standard InChI is InChI=1S/C15H14BrClN2O/c1-10-13(16)3-2-4-14(10)18-9-15(20)19-12-7-5-11(17)6-8-12/h2-8,18H,9H2,1H3,(H,19,20). The number of hydrogen-bond donors (Lipinski definition) is 2. The molecular formula is C15H14BrClN2O. The third-order valence-electron chi connectivity index (χ3n) is 2.84. The van der Waals surface area contributed by atoms with Gasteiger partial charge in [-0.3, -0.25) is 4.79 Å². The lowest BCUT2D eigenvalue weighted by Gasteiger charge is -2.11. The summed E-state index contributed by atoms with van der Waals surface area (Å²) in [5.74, 6) is -0.105. The average molecular weight is 354 g/mol. The lowest BCUT2D eigenvalue weighted by molar-refractivity contribution is -0.114. The first-order chi connectivity index (χ1) is 9.56. The van der Waals surface area contributed by atoms with Gasteiger partial charge in [-0.1, -0.05) is 33.6 Å². The molecular weight excluding hydrogens is 340 g/mol. The number of anilines is 2. The molecule has 5 heteroatoms. The summed E-state index contributed by atoms with van der Waals surface area (Å²) in [5.41, 5.74) is 2.74. The third kappa shape index (κ3) is 3.99. The Hall–Kier alpha value is -1.52. The van der Waals surface area contributed by atoms with E-state index in [1.807, 2.05) is 25.1 Å². The van der Waals surface area contributed by atoms with E-state index in [1.165, 1.54) is 0 Å². The van der Waals surface area contributed by atoms with Gasteiger partial charge in [0.2, 0.25) is 5.91 Å². The highest BCUT2D eigenvalue weighted by atomic mass is 79.9. The summed E-state index contributed by atoms with van der Waals surface area (Å²) >= 11 is 9.25. The monoisotopic (exact) mass is 352 g/mol. The lowest BCUT2D eigenvalue weighted by Crippen LogP contribution is -2.22. The normalized spacial score (nSPS) is 10.2. The zero-order chi connectivity index (χ0) is 14.5. The number of hydrogen-bond acceptors (Lipinski definition) is 2. The molecule has 0 fully saturated rings. The fourth-order valence-electron chi connectivity index (χ4n) is 1.71. The van der Waals surface area contributed by atoms with Crippen LogP contribution in [-0.4, -0.2) is 12.5 Å². The van der Waals surface area contributed by atoms with E-state index >= 15 is 0 Å². The van der Waals surface area contributed by atoms with Crippen LogP contribution in [0.1, 0.15) is 5.56 Å². The van der Waals surface area contributed by atoms with Crippen molar-refractivity contribution in [3.63, 3.8) is 0 Å². The topological polar surface area (TPSA) is 41.1 Å². The van der Waals surface area contributed by atoms with Crippen molar-refractivity contribution in [2.24, 2.45) is 0 Å². The molecule has 0 aliphatic rings. The first-order valence-corrected chi connectivity index (χ1v) is 7.28. The number of carbonyl (C=O) groups excluding carboxylic acids is 1. The molecule has 0 aromatic heterocycles. The van der Waals surface area contributed by atoms with E-state index in [0.717, 1.165) is 21.4 Å². The quantitative estimate of drug-likeness (QED) is 0.852. The van der Waals surface area contributed by atoms with Gasteiger partial charge < -0.3 is 10.6 Å². The van der Waals surface area contributed by atoms with Crippen LogP contribution < -0.4 is 10.6 Å². The van der Waals surface area contributed by atoms with Crippen LogP contribution in [0.25, 0.3) is 0 Å². The highest BCUT2D eigenvalue weighted by Gasteiger charge is 2.05. The second-order valence-corrected chi connectivity index (χ2v) is 5.61. The minimum atomic E-state index is -0.105. The SMILES string of the molecule is Cc1c(Br)cccc1NCC(=O)Nc1ccc(Cl)cc1. The summed E-state index contributed by atoms with van der Waals surface area (Å²) in [6.45, 7) is 2.20. The summed E-state index contributed by atoms with van der Waals surface area (Å²) in [4.78, 5) is 11.8. The molecule has 0 aliphatic heterocycles. The van der Waals surface area contributed by atoms with Crippen molar-refractivity contribution in [1.82, 2.24) is 0 Å². The number of amides is 1. The van der Waals surface area contributed by atoms with Crippen LogP contribution in [0.2, 0.25) is 5.02 Å². The van der Waals surface area contributed by atoms with Crippen LogP contribution in [0.15, 0.2) is 46.9 Å². The van der Waals surface area contributed by atoms with Crippen LogP contribution in [0, 0.1) is 6.92 Å². The van der Waals surface area contributed by atoms with E-state index in [2.05, 4.69) is 26.6 Å². The molecule has 2 N–H and O–H groups in total. The molecule has 0 saturated carbocycles. The van der Waals surface area contributed by atoms with Gasteiger partial charge in [-0.05, 0) is 48.9 Å². The minimum Gasteiger partial charge on any atom is -0.376 e. The summed E-state index contributed by atoms with van der Waals surface area (Å²) < 4.78 is 1.01. The third-order valence-corrected chi connectivity index (χ3v) is 3.95. The Kier molecular flexibility index (Phi) is 5.04. The highest BCUT2D eigenvalue weighted by molar-refractivity contribution is 9.10. The molecule has 2 aromatic carbocycles. The van der Waals surface area contributed by atoms with Gasteiger partial charge >= 0.3 is 0 Å². The Bertz CT molecular complexity index is 614. The average Bonchev–Trinajstić information content (AvgIpc) is 2.43. The smallest absolute Gasteiger partial charge is 0.243 e. The Balaban J connectivity index is 1.92. The predicted octanol–water partition coefficient (Wildman–Crippen LogP) is 4.46. The molecule has 2 rings (SSSR count). The zero-order valence-corrected chi connectivity index (χ0v) is 13.3.